The van der Waals surface area contributed by atoms with Crippen LogP contribution in [0.2, 0.25) is 0 Å². The molecule has 0 N–H and O–H groups in total. The number of unbranched alkanes of at least 4 members (excludes halogenated alkanes) is 1. The molecular formula is C45H61F4P. The zero-order valence-electron chi connectivity index (χ0n) is 31.8. The predicted octanol–water partition coefficient (Wildman–Crippen LogP) is 13.7. The molecule has 0 amide bonds. The number of rotatable bonds is 10. The highest BCUT2D eigenvalue weighted by molar-refractivity contribution is 7.69. The van der Waals surface area contributed by atoms with E-state index in [4.69, 9.17) is 0 Å². The van der Waals surface area contributed by atoms with Gasteiger partial charge in [0, 0.05) is 5.56 Å². The predicted molar refractivity (Wildman–Crippen MR) is 201 cm³/mol. The van der Waals surface area contributed by atoms with Crippen LogP contribution in [-0.2, 0) is 6.42 Å². The van der Waals surface area contributed by atoms with E-state index in [1.807, 2.05) is 6.92 Å². The molecule has 0 spiro atoms. The smallest absolute Gasteiger partial charge is 0.170 e. The van der Waals surface area contributed by atoms with Crippen LogP contribution in [0.1, 0.15) is 178 Å². The van der Waals surface area contributed by atoms with Crippen LogP contribution < -0.4 is 5.30 Å². The van der Waals surface area contributed by atoms with E-state index >= 15 is 17.6 Å². The second kappa shape index (κ2) is 12.9. The van der Waals surface area contributed by atoms with Gasteiger partial charge < -0.3 is 0 Å². The third-order valence-corrected chi connectivity index (χ3v) is 18.7. The average molecular weight is 709 g/mol. The first-order valence-corrected chi connectivity index (χ1v) is 22.0. The minimum absolute atomic E-state index is 0.00274. The fourth-order valence-electron chi connectivity index (χ4n) is 13.8. The molecule has 8 aliphatic rings. The molecule has 0 atom stereocenters. The first-order valence-electron chi connectivity index (χ1n) is 20.6. The highest BCUT2D eigenvalue weighted by Crippen LogP contribution is 2.79. The van der Waals surface area contributed by atoms with Gasteiger partial charge in [-0.3, -0.25) is 0 Å². The number of hydrogen-bond donors (Lipinski definition) is 0. The lowest BCUT2D eigenvalue weighted by molar-refractivity contribution is 0.0195. The van der Waals surface area contributed by atoms with Crippen molar-refractivity contribution in [1.82, 2.24) is 0 Å². The van der Waals surface area contributed by atoms with Crippen molar-refractivity contribution in [3.8, 4) is 11.1 Å². The summed E-state index contributed by atoms with van der Waals surface area (Å²) >= 11 is 0. The van der Waals surface area contributed by atoms with Crippen LogP contribution in [0.3, 0.4) is 0 Å². The first-order chi connectivity index (χ1) is 23.8. The van der Waals surface area contributed by atoms with Crippen molar-refractivity contribution >= 4 is 13.2 Å². The van der Waals surface area contributed by atoms with Gasteiger partial charge in [-0.15, -0.1) is 0 Å². The summed E-state index contributed by atoms with van der Waals surface area (Å²) in [4.78, 5) is 0. The van der Waals surface area contributed by atoms with E-state index in [1.165, 1.54) is 87.9 Å². The molecule has 0 aromatic heterocycles. The largest absolute Gasteiger partial charge is 0.203 e. The van der Waals surface area contributed by atoms with Gasteiger partial charge in [0.1, 0.15) is 0 Å². The van der Waals surface area contributed by atoms with Crippen LogP contribution in [0, 0.1) is 58.8 Å². The third-order valence-electron chi connectivity index (χ3n) is 14.8. The molecular weight excluding hydrogens is 647 g/mol. The Labute approximate surface area is 301 Å². The Morgan fingerprint density at radius 1 is 0.580 bits per heavy atom. The standard InChI is InChI=1S/C45H61F4P/c1-8-9-10-33-39(46)41(48)38(42(49)40(33)47)37-34(24(2)3)17-35(25(4)5)43(36(37)26(6)7)50(44-18-27-11-28(19-44)13-29(12-27)20-44)45-21-30-14-31(22-45)16-32(15-30)23-45/h17,24-32H,8-16,18-23H2,1-7H3. The third kappa shape index (κ3) is 5.51. The molecule has 50 heavy (non-hydrogen) atoms. The zero-order chi connectivity index (χ0) is 35.4. The van der Waals surface area contributed by atoms with E-state index in [9.17, 15) is 0 Å². The lowest BCUT2D eigenvalue weighted by Crippen LogP contribution is -2.58. The highest BCUT2D eigenvalue weighted by Gasteiger charge is 2.64. The van der Waals surface area contributed by atoms with Crippen molar-refractivity contribution in [1.29, 1.82) is 0 Å². The maximum atomic E-state index is 16.7. The molecule has 8 aliphatic carbocycles. The van der Waals surface area contributed by atoms with Crippen LogP contribution >= 0.6 is 7.92 Å². The summed E-state index contributed by atoms with van der Waals surface area (Å²) in [5, 5.41) is 1.91. The van der Waals surface area contributed by atoms with Gasteiger partial charge in [0.15, 0.2) is 23.3 Å². The van der Waals surface area contributed by atoms with Crippen LogP contribution in [-0.4, -0.2) is 10.3 Å². The molecule has 0 nitrogen and oxygen atoms in total. The van der Waals surface area contributed by atoms with Gasteiger partial charge >= 0.3 is 0 Å². The van der Waals surface area contributed by atoms with E-state index in [2.05, 4.69) is 47.6 Å². The maximum absolute atomic E-state index is 16.7. The Morgan fingerprint density at radius 3 is 1.32 bits per heavy atom. The normalized spacial score (nSPS) is 34.6. The fourth-order valence-corrected chi connectivity index (χ4v) is 19.6. The summed E-state index contributed by atoms with van der Waals surface area (Å²) in [6.07, 6.45) is 17.3. The van der Waals surface area contributed by atoms with E-state index < -0.39 is 42.3 Å². The quantitative estimate of drug-likeness (QED) is 0.131. The van der Waals surface area contributed by atoms with Crippen LogP contribution in [0.4, 0.5) is 17.6 Å². The molecule has 10 rings (SSSR count). The topological polar surface area (TPSA) is 0 Å². The summed E-state index contributed by atoms with van der Waals surface area (Å²) in [5.41, 5.74) is 2.81. The molecule has 0 heterocycles. The van der Waals surface area contributed by atoms with Crippen molar-refractivity contribution in [3.63, 3.8) is 0 Å². The molecule has 2 aromatic carbocycles. The first kappa shape index (κ1) is 35.6. The maximum Gasteiger partial charge on any atom is 0.170 e. The molecule has 0 unspecified atom stereocenters. The highest BCUT2D eigenvalue weighted by atomic mass is 31.1. The zero-order valence-corrected chi connectivity index (χ0v) is 32.7. The number of halogens is 4. The Bertz CT molecular complexity index is 1510. The van der Waals surface area contributed by atoms with E-state index in [-0.39, 0.29) is 34.5 Å². The van der Waals surface area contributed by atoms with Crippen LogP contribution in [0.25, 0.3) is 11.1 Å². The molecule has 8 fully saturated rings. The molecule has 8 bridgehead atoms. The van der Waals surface area contributed by atoms with Gasteiger partial charge in [0.25, 0.3) is 0 Å². The molecule has 274 valence electrons. The number of hydrogen-bond acceptors (Lipinski definition) is 0. The lowest BCUT2D eigenvalue weighted by Gasteiger charge is -2.68. The van der Waals surface area contributed by atoms with Crippen molar-refractivity contribution in [2.24, 2.45) is 35.5 Å². The Morgan fingerprint density at radius 2 is 0.980 bits per heavy atom. The molecule has 5 heteroatoms. The van der Waals surface area contributed by atoms with E-state index in [0.717, 1.165) is 46.6 Å². The van der Waals surface area contributed by atoms with Gasteiger partial charge in [-0.05, 0) is 181 Å². The van der Waals surface area contributed by atoms with Crippen molar-refractivity contribution in [2.45, 2.75) is 173 Å². The lowest BCUT2D eigenvalue weighted by atomic mass is 9.55. The minimum atomic E-state index is -1.20. The minimum Gasteiger partial charge on any atom is -0.203 e. The molecule has 0 saturated heterocycles. The van der Waals surface area contributed by atoms with E-state index in [0.29, 0.717) is 18.4 Å². The Balaban J connectivity index is 1.46. The van der Waals surface area contributed by atoms with Crippen molar-refractivity contribution in [3.05, 3.63) is 51.6 Å². The summed E-state index contributed by atoms with van der Waals surface area (Å²) in [6, 6.07) is 2.28. The fraction of sp³-hybridized carbons (Fsp3) is 0.733. The molecule has 2 aromatic rings. The van der Waals surface area contributed by atoms with Gasteiger partial charge in [0.2, 0.25) is 0 Å². The molecule has 0 aliphatic heterocycles. The molecule has 0 radical (unpaired) electrons. The van der Waals surface area contributed by atoms with Gasteiger partial charge in [-0.1, -0.05) is 68.9 Å². The van der Waals surface area contributed by atoms with Crippen molar-refractivity contribution < 1.29 is 17.6 Å². The average Bonchev–Trinajstić information content (AvgIpc) is 3.02. The van der Waals surface area contributed by atoms with Gasteiger partial charge in [-0.2, -0.15) is 0 Å². The summed E-state index contributed by atoms with van der Waals surface area (Å²) in [7, 11) is -0.730. The summed E-state index contributed by atoms with van der Waals surface area (Å²) in [5.74, 6) is 0.127. The number of benzene rings is 2. The second-order valence-corrected chi connectivity index (χ2v) is 22.5. The summed E-state index contributed by atoms with van der Waals surface area (Å²) < 4.78 is 65.6. The van der Waals surface area contributed by atoms with Crippen LogP contribution in [0.15, 0.2) is 6.07 Å². The Hall–Kier alpha value is -1.41. The monoisotopic (exact) mass is 708 g/mol. The SMILES string of the molecule is CCCCc1c(F)c(F)c(-c2c(C(C)C)cc(C(C)C)c(P(C34CC5CC(CC(C5)C3)C4)C34CC5CC(CC(C5)C3)C4)c2C(C)C)c(F)c1F. The Kier molecular flexibility index (Phi) is 9.17. The van der Waals surface area contributed by atoms with Crippen molar-refractivity contribution in [2.75, 3.05) is 0 Å². The van der Waals surface area contributed by atoms with Gasteiger partial charge in [-0.25, -0.2) is 17.6 Å². The second-order valence-electron chi connectivity index (χ2n) is 19.5. The van der Waals surface area contributed by atoms with E-state index in [1.54, 1.807) is 0 Å². The molecule has 8 saturated carbocycles. The summed E-state index contributed by atoms with van der Waals surface area (Å²) in [6.45, 7) is 15.1. The van der Waals surface area contributed by atoms with Crippen LogP contribution in [0.5, 0.6) is 0 Å². The van der Waals surface area contributed by atoms with Gasteiger partial charge in [0.05, 0.1) is 5.56 Å².